The van der Waals surface area contributed by atoms with E-state index in [2.05, 4.69) is 16.0 Å². The van der Waals surface area contributed by atoms with Crippen LogP contribution in [0.3, 0.4) is 0 Å². The van der Waals surface area contributed by atoms with Gasteiger partial charge in [-0.25, -0.2) is 9.59 Å². The maximum Gasteiger partial charge on any atom is 0.408 e. The number of carbonyl (C=O) groups excluding carboxylic acids is 3. The number of likely N-dealkylation sites (tertiary alicyclic amines) is 1. The van der Waals surface area contributed by atoms with Gasteiger partial charge in [-0.15, -0.1) is 0 Å². The first-order chi connectivity index (χ1) is 16.5. The van der Waals surface area contributed by atoms with E-state index in [0.29, 0.717) is 40.4 Å². The summed E-state index contributed by atoms with van der Waals surface area (Å²) in [6.45, 7) is 6.29. The van der Waals surface area contributed by atoms with E-state index in [0.717, 1.165) is 18.4 Å². The standard InChI is InChI=1S/C25H30Cl2N4O4/c1-25(2,3)35-24(34)28-15-21(32)29-18-9-7-16(8-10-18)17-11-13-31(14-12-17)23(33)30-22-19(26)5-4-6-20(22)27/h4-10,17H,11-15H2,1-3H3,(H,28,34)(H,29,32)(H,30,33). The molecule has 35 heavy (non-hydrogen) atoms. The van der Waals surface area contributed by atoms with Crippen LogP contribution in [0.2, 0.25) is 10.0 Å². The highest BCUT2D eigenvalue weighted by molar-refractivity contribution is 6.39. The monoisotopic (exact) mass is 520 g/mol. The van der Waals surface area contributed by atoms with Crippen molar-refractivity contribution in [3.8, 4) is 0 Å². The molecule has 1 saturated heterocycles. The molecule has 3 N–H and O–H groups in total. The second-order valence-electron chi connectivity index (χ2n) is 9.31. The van der Waals surface area contributed by atoms with Gasteiger partial charge in [0.1, 0.15) is 12.1 Å². The Kier molecular flexibility index (Phi) is 8.86. The molecular formula is C25H30Cl2N4O4. The highest BCUT2D eigenvalue weighted by Gasteiger charge is 2.25. The molecule has 4 amide bonds. The summed E-state index contributed by atoms with van der Waals surface area (Å²) in [7, 11) is 0. The lowest BCUT2D eigenvalue weighted by Crippen LogP contribution is -2.40. The van der Waals surface area contributed by atoms with Gasteiger partial charge in [-0.1, -0.05) is 41.4 Å². The van der Waals surface area contributed by atoms with Crippen molar-refractivity contribution in [2.75, 3.05) is 30.3 Å². The fourth-order valence-corrected chi connectivity index (χ4v) is 4.22. The number of halogens is 2. The molecule has 1 aliphatic heterocycles. The molecule has 0 unspecified atom stereocenters. The number of hydrogen-bond acceptors (Lipinski definition) is 4. The number of urea groups is 1. The van der Waals surface area contributed by atoms with Gasteiger partial charge in [0.15, 0.2) is 0 Å². The lowest BCUT2D eigenvalue weighted by Gasteiger charge is -2.32. The van der Waals surface area contributed by atoms with E-state index in [-0.39, 0.29) is 18.5 Å². The van der Waals surface area contributed by atoms with E-state index in [4.69, 9.17) is 27.9 Å². The number of ether oxygens (including phenoxy) is 1. The van der Waals surface area contributed by atoms with Gasteiger partial charge in [-0.2, -0.15) is 0 Å². The molecule has 1 fully saturated rings. The minimum atomic E-state index is -0.641. The van der Waals surface area contributed by atoms with Crippen LogP contribution in [0.25, 0.3) is 0 Å². The van der Waals surface area contributed by atoms with Crippen LogP contribution in [-0.2, 0) is 9.53 Å². The SMILES string of the molecule is CC(C)(C)OC(=O)NCC(=O)Nc1ccc(C2CCN(C(=O)Nc3c(Cl)cccc3Cl)CC2)cc1. The Morgan fingerprint density at radius 2 is 1.57 bits per heavy atom. The van der Waals surface area contributed by atoms with Crippen molar-refractivity contribution in [1.29, 1.82) is 0 Å². The van der Waals surface area contributed by atoms with E-state index in [9.17, 15) is 14.4 Å². The number of hydrogen-bond donors (Lipinski definition) is 3. The fourth-order valence-electron chi connectivity index (χ4n) is 3.73. The molecule has 0 bridgehead atoms. The number of piperidine rings is 1. The average molecular weight is 521 g/mol. The zero-order valence-corrected chi connectivity index (χ0v) is 21.5. The van der Waals surface area contributed by atoms with Crippen LogP contribution in [0, 0.1) is 0 Å². The highest BCUT2D eigenvalue weighted by Crippen LogP contribution is 2.32. The summed E-state index contributed by atoms with van der Waals surface area (Å²) in [5.41, 5.74) is 1.57. The molecule has 0 atom stereocenters. The van der Waals surface area contributed by atoms with Crippen molar-refractivity contribution in [3.63, 3.8) is 0 Å². The second kappa shape index (κ2) is 11.6. The van der Waals surface area contributed by atoms with E-state index < -0.39 is 11.7 Å². The number of carbonyl (C=O) groups is 3. The number of amides is 4. The van der Waals surface area contributed by atoms with Crippen LogP contribution in [0.5, 0.6) is 0 Å². The largest absolute Gasteiger partial charge is 0.444 e. The van der Waals surface area contributed by atoms with Crippen LogP contribution in [0.1, 0.15) is 45.1 Å². The summed E-state index contributed by atoms with van der Waals surface area (Å²) >= 11 is 12.3. The summed E-state index contributed by atoms with van der Waals surface area (Å²) in [5.74, 6) is -0.0388. The van der Waals surface area contributed by atoms with Crippen LogP contribution in [-0.4, -0.2) is 48.2 Å². The molecule has 8 nitrogen and oxygen atoms in total. The predicted octanol–water partition coefficient (Wildman–Crippen LogP) is 5.87. The number of rotatable bonds is 5. The summed E-state index contributed by atoms with van der Waals surface area (Å²) in [5, 5.41) is 8.78. The Morgan fingerprint density at radius 1 is 0.971 bits per heavy atom. The van der Waals surface area contributed by atoms with E-state index in [1.807, 2.05) is 24.3 Å². The van der Waals surface area contributed by atoms with Crippen LogP contribution in [0.4, 0.5) is 21.0 Å². The first-order valence-electron chi connectivity index (χ1n) is 11.4. The van der Waals surface area contributed by atoms with Gasteiger partial charge >= 0.3 is 12.1 Å². The van der Waals surface area contributed by atoms with Crippen molar-refractivity contribution in [2.24, 2.45) is 0 Å². The zero-order chi connectivity index (χ0) is 25.6. The molecule has 2 aromatic rings. The number of para-hydroxylation sites is 1. The Labute approximate surface area is 215 Å². The quantitative estimate of drug-likeness (QED) is 0.458. The minimum absolute atomic E-state index is 0.184. The molecular weight excluding hydrogens is 491 g/mol. The Balaban J connectivity index is 1.45. The Bertz CT molecular complexity index is 1040. The first-order valence-corrected chi connectivity index (χ1v) is 12.1. The van der Waals surface area contributed by atoms with Gasteiger partial charge in [0.2, 0.25) is 5.91 Å². The molecule has 0 spiro atoms. The van der Waals surface area contributed by atoms with Gasteiger partial charge in [0.25, 0.3) is 0 Å². The van der Waals surface area contributed by atoms with Crippen LogP contribution in [0.15, 0.2) is 42.5 Å². The van der Waals surface area contributed by atoms with Gasteiger partial charge in [0, 0.05) is 18.8 Å². The van der Waals surface area contributed by atoms with Gasteiger partial charge in [-0.3, -0.25) is 4.79 Å². The third kappa shape index (κ3) is 8.04. The Hall–Kier alpha value is -2.97. The number of anilines is 2. The number of alkyl carbamates (subject to hydrolysis) is 1. The average Bonchev–Trinajstić information content (AvgIpc) is 2.80. The zero-order valence-electron chi connectivity index (χ0n) is 20.0. The lowest BCUT2D eigenvalue weighted by atomic mass is 9.89. The minimum Gasteiger partial charge on any atom is -0.444 e. The number of benzene rings is 2. The first kappa shape index (κ1) is 26.6. The number of nitrogens with zero attached hydrogens (tertiary/aromatic N) is 1. The van der Waals surface area contributed by atoms with E-state index >= 15 is 0 Å². The molecule has 3 rings (SSSR count). The van der Waals surface area contributed by atoms with E-state index in [1.54, 1.807) is 43.9 Å². The van der Waals surface area contributed by atoms with Crippen LogP contribution < -0.4 is 16.0 Å². The van der Waals surface area contributed by atoms with Crippen LogP contribution >= 0.6 is 23.2 Å². The lowest BCUT2D eigenvalue weighted by molar-refractivity contribution is -0.115. The smallest absolute Gasteiger partial charge is 0.408 e. The van der Waals surface area contributed by atoms with Gasteiger partial charge in [-0.05, 0) is 69.4 Å². The maximum atomic E-state index is 12.6. The third-order valence-electron chi connectivity index (χ3n) is 5.43. The Morgan fingerprint density at radius 3 is 2.14 bits per heavy atom. The summed E-state index contributed by atoms with van der Waals surface area (Å²) in [6.07, 6.45) is 0.989. The van der Waals surface area contributed by atoms with Crippen molar-refractivity contribution >= 4 is 52.6 Å². The van der Waals surface area contributed by atoms with Crippen molar-refractivity contribution in [1.82, 2.24) is 10.2 Å². The van der Waals surface area contributed by atoms with Crippen molar-refractivity contribution in [2.45, 2.75) is 45.1 Å². The second-order valence-corrected chi connectivity index (χ2v) is 10.1. The molecule has 2 aromatic carbocycles. The van der Waals surface area contributed by atoms with Gasteiger partial charge in [0.05, 0.1) is 15.7 Å². The highest BCUT2D eigenvalue weighted by atomic mass is 35.5. The molecule has 1 aliphatic rings. The molecule has 0 aliphatic carbocycles. The molecule has 0 saturated carbocycles. The molecule has 0 aromatic heterocycles. The predicted molar refractivity (Wildman–Crippen MR) is 138 cm³/mol. The molecule has 10 heteroatoms. The number of nitrogens with one attached hydrogen (secondary N) is 3. The van der Waals surface area contributed by atoms with Crippen molar-refractivity contribution in [3.05, 3.63) is 58.1 Å². The molecule has 188 valence electrons. The van der Waals surface area contributed by atoms with E-state index in [1.165, 1.54) is 0 Å². The topological polar surface area (TPSA) is 99.8 Å². The van der Waals surface area contributed by atoms with Gasteiger partial charge < -0.3 is 25.6 Å². The summed E-state index contributed by atoms with van der Waals surface area (Å²) in [6, 6.07) is 12.5. The van der Waals surface area contributed by atoms with Crippen molar-refractivity contribution < 1.29 is 19.1 Å². The summed E-state index contributed by atoms with van der Waals surface area (Å²) < 4.78 is 5.11. The fraction of sp³-hybridized carbons (Fsp3) is 0.400. The molecule has 0 radical (unpaired) electrons. The normalized spacial score (nSPS) is 14.3. The third-order valence-corrected chi connectivity index (χ3v) is 6.06. The maximum absolute atomic E-state index is 12.6. The molecule has 1 heterocycles. The summed E-state index contributed by atoms with van der Waals surface area (Å²) in [4.78, 5) is 38.2.